The molecule has 0 saturated heterocycles. The van der Waals surface area contributed by atoms with Crippen LogP contribution in [0.25, 0.3) is 0 Å². The molecule has 1 aromatic heterocycles. The quantitative estimate of drug-likeness (QED) is 0.848. The molecule has 2 aromatic rings. The second-order valence-electron chi connectivity index (χ2n) is 4.29. The van der Waals surface area contributed by atoms with E-state index in [0.29, 0.717) is 18.0 Å². The lowest BCUT2D eigenvalue weighted by molar-refractivity contribution is 0.0696. The summed E-state index contributed by atoms with van der Waals surface area (Å²) in [5.74, 6) is -0.201. The first kappa shape index (κ1) is 14.2. The molecule has 0 aliphatic heterocycles. The molecule has 106 valence electrons. The second kappa shape index (κ2) is 6.29. The van der Waals surface area contributed by atoms with Crippen LogP contribution in [-0.4, -0.2) is 16.1 Å². The van der Waals surface area contributed by atoms with E-state index in [1.165, 1.54) is 12.1 Å². The number of halogens is 1. The predicted octanol–water partition coefficient (Wildman–Crippen LogP) is 2.36. The van der Waals surface area contributed by atoms with E-state index in [2.05, 4.69) is 10.3 Å². The molecule has 6 heteroatoms. The Labute approximate surface area is 115 Å². The molecule has 0 radical (unpaired) electrons. The fraction of sp³-hybridized carbons (Fsp3) is 0.286. The molecular formula is C14H15FN2O3. The fourth-order valence-corrected chi connectivity index (χ4v) is 1.74. The van der Waals surface area contributed by atoms with Crippen molar-refractivity contribution in [1.29, 1.82) is 0 Å². The van der Waals surface area contributed by atoms with E-state index in [9.17, 15) is 9.18 Å². The van der Waals surface area contributed by atoms with Gasteiger partial charge in [0.15, 0.2) is 0 Å². The molecule has 0 bridgehead atoms. The SMILES string of the molecule is CCc1cnc(CNCc2cc(C(=O)O)ccc2F)o1. The van der Waals surface area contributed by atoms with Crippen molar-refractivity contribution in [2.75, 3.05) is 0 Å². The number of carbonyl (C=O) groups is 1. The highest BCUT2D eigenvalue weighted by Crippen LogP contribution is 2.11. The van der Waals surface area contributed by atoms with Gasteiger partial charge in [0.2, 0.25) is 5.89 Å². The summed E-state index contributed by atoms with van der Waals surface area (Å²) in [6.07, 6.45) is 2.42. The Morgan fingerprint density at radius 3 is 2.90 bits per heavy atom. The van der Waals surface area contributed by atoms with Gasteiger partial charge in [-0.1, -0.05) is 6.92 Å². The molecule has 2 N–H and O–H groups in total. The largest absolute Gasteiger partial charge is 0.478 e. The van der Waals surface area contributed by atoms with Crippen LogP contribution in [0.4, 0.5) is 4.39 Å². The Bertz CT molecular complexity index is 610. The summed E-state index contributed by atoms with van der Waals surface area (Å²) in [5, 5.41) is 11.8. The van der Waals surface area contributed by atoms with Gasteiger partial charge in [0, 0.05) is 18.5 Å². The normalized spacial score (nSPS) is 10.7. The average molecular weight is 278 g/mol. The molecule has 0 aliphatic carbocycles. The van der Waals surface area contributed by atoms with Crippen LogP contribution in [0, 0.1) is 5.82 Å². The number of aromatic carboxylic acids is 1. The maximum absolute atomic E-state index is 13.5. The van der Waals surface area contributed by atoms with Crippen LogP contribution in [0.15, 0.2) is 28.8 Å². The van der Waals surface area contributed by atoms with E-state index in [4.69, 9.17) is 9.52 Å². The summed E-state index contributed by atoms with van der Waals surface area (Å²) in [4.78, 5) is 14.9. The minimum absolute atomic E-state index is 0.0626. The second-order valence-corrected chi connectivity index (χ2v) is 4.29. The average Bonchev–Trinajstić information content (AvgIpc) is 2.88. The summed E-state index contributed by atoms with van der Waals surface area (Å²) in [6, 6.07) is 3.71. The lowest BCUT2D eigenvalue weighted by atomic mass is 10.1. The van der Waals surface area contributed by atoms with E-state index in [1.807, 2.05) is 6.92 Å². The number of aromatic nitrogens is 1. The molecule has 2 rings (SSSR count). The summed E-state index contributed by atoms with van der Waals surface area (Å²) in [7, 11) is 0. The van der Waals surface area contributed by atoms with E-state index >= 15 is 0 Å². The van der Waals surface area contributed by atoms with E-state index in [0.717, 1.165) is 18.2 Å². The third-order valence-corrected chi connectivity index (χ3v) is 2.83. The van der Waals surface area contributed by atoms with Crippen molar-refractivity contribution in [2.24, 2.45) is 0 Å². The Hall–Kier alpha value is -2.21. The zero-order chi connectivity index (χ0) is 14.5. The number of aryl methyl sites for hydroxylation is 1. The van der Waals surface area contributed by atoms with Crippen molar-refractivity contribution in [2.45, 2.75) is 26.4 Å². The highest BCUT2D eigenvalue weighted by Gasteiger charge is 2.09. The lowest BCUT2D eigenvalue weighted by Crippen LogP contribution is -2.14. The van der Waals surface area contributed by atoms with Gasteiger partial charge >= 0.3 is 5.97 Å². The minimum atomic E-state index is -1.08. The van der Waals surface area contributed by atoms with E-state index in [-0.39, 0.29) is 12.1 Å². The molecule has 0 atom stereocenters. The van der Waals surface area contributed by atoms with Crippen LogP contribution in [0.2, 0.25) is 0 Å². The van der Waals surface area contributed by atoms with Crippen molar-refractivity contribution in [3.05, 3.63) is 53.0 Å². The fourth-order valence-electron chi connectivity index (χ4n) is 1.74. The van der Waals surface area contributed by atoms with Crippen LogP contribution in [0.3, 0.4) is 0 Å². The first-order valence-electron chi connectivity index (χ1n) is 6.26. The standard InChI is InChI=1S/C14H15FN2O3/c1-2-11-7-17-13(20-11)8-16-6-10-5-9(14(18)19)3-4-12(10)15/h3-5,7,16H,2,6,8H2,1H3,(H,18,19). The summed E-state index contributed by atoms with van der Waals surface area (Å²) in [6.45, 7) is 2.53. The summed E-state index contributed by atoms with van der Waals surface area (Å²) >= 11 is 0. The number of hydrogen-bond donors (Lipinski definition) is 2. The van der Waals surface area contributed by atoms with Crippen LogP contribution in [0.5, 0.6) is 0 Å². The molecule has 0 saturated carbocycles. The molecular weight excluding hydrogens is 263 g/mol. The number of nitrogens with one attached hydrogen (secondary N) is 1. The first-order valence-corrected chi connectivity index (χ1v) is 6.26. The summed E-state index contributed by atoms with van der Waals surface area (Å²) in [5.41, 5.74) is 0.361. The summed E-state index contributed by atoms with van der Waals surface area (Å²) < 4.78 is 18.9. The van der Waals surface area contributed by atoms with Crippen molar-refractivity contribution in [3.63, 3.8) is 0 Å². The number of oxazole rings is 1. The number of benzene rings is 1. The van der Waals surface area contributed by atoms with E-state index < -0.39 is 11.8 Å². The van der Waals surface area contributed by atoms with Gasteiger partial charge in [0.25, 0.3) is 0 Å². The highest BCUT2D eigenvalue weighted by molar-refractivity contribution is 5.87. The van der Waals surface area contributed by atoms with Gasteiger partial charge in [-0.05, 0) is 18.2 Å². The molecule has 5 nitrogen and oxygen atoms in total. The smallest absolute Gasteiger partial charge is 0.335 e. The lowest BCUT2D eigenvalue weighted by Gasteiger charge is -2.05. The number of rotatable bonds is 6. The first-order chi connectivity index (χ1) is 9.60. The maximum Gasteiger partial charge on any atom is 0.335 e. The van der Waals surface area contributed by atoms with Crippen molar-refractivity contribution >= 4 is 5.97 Å². The monoisotopic (exact) mass is 278 g/mol. The van der Waals surface area contributed by atoms with Crippen LogP contribution in [-0.2, 0) is 19.5 Å². The Kier molecular flexibility index (Phi) is 4.47. The molecule has 0 spiro atoms. The van der Waals surface area contributed by atoms with Gasteiger partial charge < -0.3 is 14.8 Å². The van der Waals surface area contributed by atoms with Gasteiger partial charge in [-0.15, -0.1) is 0 Å². The topological polar surface area (TPSA) is 75.4 Å². The zero-order valence-electron chi connectivity index (χ0n) is 11.0. The number of carboxylic acids is 1. The maximum atomic E-state index is 13.5. The van der Waals surface area contributed by atoms with Crippen molar-refractivity contribution in [1.82, 2.24) is 10.3 Å². The third kappa shape index (κ3) is 3.42. The molecule has 0 fully saturated rings. The molecule has 0 unspecified atom stereocenters. The third-order valence-electron chi connectivity index (χ3n) is 2.83. The molecule has 20 heavy (non-hydrogen) atoms. The Balaban J connectivity index is 1.96. The number of nitrogens with zero attached hydrogens (tertiary/aromatic N) is 1. The van der Waals surface area contributed by atoms with Crippen LogP contribution < -0.4 is 5.32 Å². The highest BCUT2D eigenvalue weighted by atomic mass is 19.1. The van der Waals surface area contributed by atoms with Gasteiger partial charge in [0.1, 0.15) is 11.6 Å². The van der Waals surface area contributed by atoms with Gasteiger partial charge in [-0.2, -0.15) is 0 Å². The van der Waals surface area contributed by atoms with Crippen molar-refractivity contribution < 1.29 is 18.7 Å². The van der Waals surface area contributed by atoms with Gasteiger partial charge in [-0.25, -0.2) is 14.2 Å². The Morgan fingerprint density at radius 2 is 2.25 bits per heavy atom. The molecule has 1 aromatic carbocycles. The number of hydrogen-bond acceptors (Lipinski definition) is 4. The molecule has 0 aliphatic rings. The Morgan fingerprint density at radius 1 is 1.45 bits per heavy atom. The predicted molar refractivity (Wildman–Crippen MR) is 69.8 cm³/mol. The van der Waals surface area contributed by atoms with Crippen LogP contribution in [0.1, 0.15) is 34.5 Å². The van der Waals surface area contributed by atoms with E-state index in [1.54, 1.807) is 6.20 Å². The number of carboxylic acid groups (broad SMARTS) is 1. The minimum Gasteiger partial charge on any atom is -0.478 e. The molecule has 0 amide bonds. The van der Waals surface area contributed by atoms with Gasteiger partial charge in [0.05, 0.1) is 18.3 Å². The zero-order valence-corrected chi connectivity index (χ0v) is 11.0. The van der Waals surface area contributed by atoms with Crippen molar-refractivity contribution in [3.8, 4) is 0 Å². The van der Waals surface area contributed by atoms with Gasteiger partial charge in [-0.3, -0.25) is 0 Å². The van der Waals surface area contributed by atoms with Crippen LogP contribution >= 0.6 is 0 Å². The molecule has 1 heterocycles.